The van der Waals surface area contributed by atoms with E-state index in [1.54, 1.807) is 14.2 Å². The second kappa shape index (κ2) is 7.84. The molecule has 0 spiro atoms. The van der Waals surface area contributed by atoms with E-state index in [-0.39, 0.29) is 24.0 Å². The minimum atomic E-state index is 0. The molecule has 0 saturated carbocycles. The van der Waals surface area contributed by atoms with E-state index in [1.165, 1.54) is 5.56 Å². The summed E-state index contributed by atoms with van der Waals surface area (Å²) in [6.07, 6.45) is 0. The van der Waals surface area contributed by atoms with Crippen LogP contribution in [0.2, 0.25) is 0 Å². The van der Waals surface area contributed by atoms with Gasteiger partial charge in [-0.05, 0) is 32.0 Å². The summed E-state index contributed by atoms with van der Waals surface area (Å²) >= 11 is 0. The summed E-state index contributed by atoms with van der Waals surface area (Å²) in [5, 5.41) is 0. The van der Waals surface area contributed by atoms with Crippen LogP contribution in [0.25, 0.3) is 0 Å². The van der Waals surface area contributed by atoms with Crippen molar-refractivity contribution in [2.75, 3.05) is 34.4 Å². The van der Waals surface area contributed by atoms with E-state index in [9.17, 15) is 0 Å². The third kappa shape index (κ3) is 4.31. The lowest BCUT2D eigenvalue weighted by Gasteiger charge is -2.32. The number of quaternary nitrogens is 1. The highest BCUT2D eigenvalue weighted by Crippen LogP contribution is 2.28. The van der Waals surface area contributed by atoms with Gasteiger partial charge in [-0.25, -0.2) is 0 Å². The highest BCUT2D eigenvalue weighted by atomic mass is 127. The topological polar surface area (TPSA) is 18.5 Å². The van der Waals surface area contributed by atoms with Crippen LogP contribution in [0.5, 0.6) is 11.5 Å². The molecule has 0 bridgehead atoms. The van der Waals surface area contributed by atoms with Gasteiger partial charge in [0, 0.05) is 5.56 Å². The van der Waals surface area contributed by atoms with Crippen molar-refractivity contribution in [3.8, 4) is 11.5 Å². The normalized spacial score (nSPS) is 10.7. The molecule has 0 N–H and O–H groups in total. The number of benzene rings is 1. The molecule has 4 heteroatoms. The molecular formula is C14H24INO2. The third-order valence-electron chi connectivity index (χ3n) is 3.54. The zero-order valence-electron chi connectivity index (χ0n) is 12.0. The van der Waals surface area contributed by atoms with Gasteiger partial charge >= 0.3 is 0 Å². The largest absolute Gasteiger partial charge is 1.00 e. The van der Waals surface area contributed by atoms with E-state index in [4.69, 9.17) is 9.47 Å². The standard InChI is InChI=1S/C14H24NO2.HI/c1-6-15(3,7-2)11-12-8-9-13(16-4)14(10-12)17-5;/h8-10H,6-7,11H2,1-5H3;1H/q+1;/p-1. The van der Waals surface area contributed by atoms with Crippen LogP contribution >= 0.6 is 0 Å². The zero-order chi connectivity index (χ0) is 12.9. The highest BCUT2D eigenvalue weighted by molar-refractivity contribution is 5.42. The van der Waals surface area contributed by atoms with Gasteiger partial charge in [-0.3, -0.25) is 0 Å². The first-order valence-electron chi connectivity index (χ1n) is 6.13. The summed E-state index contributed by atoms with van der Waals surface area (Å²) < 4.78 is 11.6. The second-order valence-electron chi connectivity index (χ2n) is 4.60. The summed E-state index contributed by atoms with van der Waals surface area (Å²) in [5.41, 5.74) is 1.29. The quantitative estimate of drug-likeness (QED) is 0.509. The molecule has 0 amide bonds. The molecule has 0 fully saturated rings. The van der Waals surface area contributed by atoms with E-state index in [2.05, 4.69) is 33.0 Å². The van der Waals surface area contributed by atoms with Gasteiger partial charge in [0.2, 0.25) is 0 Å². The number of nitrogens with zero attached hydrogens (tertiary/aromatic N) is 1. The van der Waals surface area contributed by atoms with Gasteiger partial charge in [0.25, 0.3) is 0 Å². The summed E-state index contributed by atoms with van der Waals surface area (Å²) in [7, 11) is 5.61. The molecule has 18 heavy (non-hydrogen) atoms. The van der Waals surface area contributed by atoms with Gasteiger partial charge in [0.1, 0.15) is 6.54 Å². The van der Waals surface area contributed by atoms with Crippen LogP contribution in [0.1, 0.15) is 19.4 Å². The minimum absolute atomic E-state index is 0. The average molecular weight is 365 g/mol. The van der Waals surface area contributed by atoms with Crippen molar-refractivity contribution in [1.29, 1.82) is 0 Å². The lowest BCUT2D eigenvalue weighted by atomic mass is 10.1. The van der Waals surface area contributed by atoms with Crippen molar-refractivity contribution in [1.82, 2.24) is 0 Å². The number of halogens is 1. The van der Waals surface area contributed by atoms with Crippen molar-refractivity contribution in [3.63, 3.8) is 0 Å². The maximum absolute atomic E-state index is 5.33. The van der Waals surface area contributed by atoms with Gasteiger partial charge < -0.3 is 37.9 Å². The molecule has 0 aromatic heterocycles. The number of hydrogen-bond donors (Lipinski definition) is 0. The van der Waals surface area contributed by atoms with Crippen LogP contribution in [0, 0.1) is 0 Å². The first kappa shape index (κ1) is 17.5. The van der Waals surface area contributed by atoms with Crippen molar-refractivity contribution in [2.24, 2.45) is 0 Å². The molecule has 1 aromatic carbocycles. The Morgan fingerprint density at radius 3 is 2.00 bits per heavy atom. The van der Waals surface area contributed by atoms with Crippen LogP contribution in [0.4, 0.5) is 0 Å². The van der Waals surface area contributed by atoms with Gasteiger partial charge in [-0.1, -0.05) is 0 Å². The maximum atomic E-state index is 5.33. The predicted molar refractivity (Wildman–Crippen MR) is 70.5 cm³/mol. The Bertz CT molecular complexity index is 365. The first-order valence-corrected chi connectivity index (χ1v) is 6.13. The highest BCUT2D eigenvalue weighted by Gasteiger charge is 2.18. The summed E-state index contributed by atoms with van der Waals surface area (Å²) in [6.45, 7) is 7.73. The van der Waals surface area contributed by atoms with E-state index in [0.29, 0.717) is 0 Å². The lowest BCUT2D eigenvalue weighted by Crippen LogP contribution is -3.00. The average Bonchev–Trinajstić information content (AvgIpc) is 2.38. The van der Waals surface area contributed by atoms with Crippen LogP contribution in [0.15, 0.2) is 18.2 Å². The molecule has 104 valence electrons. The molecule has 3 nitrogen and oxygen atoms in total. The van der Waals surface area contributed by atoms with Crippen LogP contribution < -0.4 is 33.5 Å². The minimum Gasteiger partial charge on any atom is -1.00 e. The number of ether oxygens (including phenoxy) is 2. The Morgan fingerprint density at radius 2 is 1.56 bits per heavy atom. The Labute approximate surface area is 128 Å². The zero-order valence-corrected chi connectivity index (χ0v) is 14.2. The van der Waals surface area contributed by atoms with Crippen LogP contribution in [-0.4, -0.2) is 38.8 Å². The van der Waals surface area contributed by atoms with E-state index in [1.807, 2.05) is 6.07 Å². The molecule has 1 rings (SSSR count). The molecule has 0 unspecified atom stereocenters. The smallest absolute Gasteiger partial charge is 0.161 e. The van der Waals surface area contributed by atoms with Crippen LogP contribution in [-0.2, 0) is 6.54 Å². The molecule has 1 aromatic rings. The van der Waals surface area contributed by atoms with E-state index in [0.717, 1.165) is 35.6 Å². The Morgan fingerprint density at radius 1 is 1.00 bits per heavy atom. The molecule has 0 aliphatic carbocycles. The second-order valence-corrected chi connectivity index (χ2v) is 4.60. The molecule has 0 radical (unpaired) electrons. The number of methoxy groups -OCH3 is 2. The summed E-state index contributed by atoms with van der Waals surface area (Å²) in [4.78, 5) is 0. The maximum Gasteiger partial charge on any atom is 0.161 e. The molecule has 0 heterocycles. The van der Waals surface area contributed by atoms with Gasteiger partial charge in [0.05, 0.1) is 34.4 Å². The fraction of sp³-hybridized carbons (Fsp3) is 0.571. The Kier molecular flexibility index (Phi) is 7.62. The molecule has 0 aliphatic rings. The molecule has 0 saturated heterocycles. The van der Waals surface area contributed by atoms with Crippen molar-refractivity contribution < 1.29 is 37.9 Å². The van der Waals surface area contributed by atoms with Crippen molar-refractivity contribution in [3.05, 3.63) is 23.8 Å². The lowest BCUT2D eigenvalue weighted by molar-refractivity contribution is -0.919. The van der Waals surface area contributed by atoms with Crippen LogP contribution in [0.3, 0.4) is 0 Å². The Balaban J connectivity index is 0.00000289. The van der Waals surface area contributed by atoms with Crippen molar-refractivity contribution in [2.45, 2.75) is 20.4 Å². The summed E-state index contributed by atoms with van der Waals surface area (Å²) in [6, 6.07) is 6.16. The first-order chi connectivity index (χ1) is 8.08. The van der Waals surface area contributed by atoms with Crippen molar-refractivity contribution >= 4 is 0 Å². The fourth-order valence-corrected chi connectivity index (χ4v) is 1.87. The SMILES string of the molecule is CC[N+](C)(CC)Cc1ccc(OC)c(OC)c1.[I-]. The molecule has 0 atom stereocenters. The van der Waals surface area contributed by atoms with Gasteiger partial charge in [0.15, 0.2) is 11.5 Å². The third-order valence-corrected chi connectivity index (χ3v) is 3.54. The van der Waals surface area contributed by atoms with E-state index < -0.39 is 0 Å². The van der Waals surface area contributed by atoms with Gasteiger partial charge in [-0.15, -0.1) is 0 Å². The number of hydrogen-bond acceptors (Lipinski definition) is 2. The Hall–Kier alpha value is -0.490. The summed E-state index contributed by atoms with van der Waals surface area (Å²) in [5.74, 6) is 1.60. The molecular weight excluding hydrogens is 341 g/mol. The monoisotopic (exact) mass is 365 g/mol. The van der Waals surface area contributed by atoms with Gasteiger partial charge in [-0.2, -0.15) is 0 Å². The fourth-order valence-electron chi connectivity index (χ4n) is 1.87. The predicted octanol–water partition coefficient (Wildman–Crippen LogP) is -0.306. The van der Waals surface area contributed by atoms with E-state index >= 15 is 0 Å². The molecule has 0 aliphatic heterocycles. The number of rotatable bonds is 6.